The van der Waals surface area contributed by atoms with Gasteiger partial charge in [-0.25, -0.2) is 0 Å². The van der Waals surface area contributed by atoms with Gasteiger partial charge < -0.3 is 0 Å². The van der Waals surface area contributed by atoms with Gasteiger partial charge in [0.15, 0.2) is 5.78 Å². The van der Waals surface area contributed by atoms with Crippen LogP contribution in [0.1, 0.15) is 44.0 Å². The van der Waals surface area contributed by atoms with Crippen LogP contribution in [0.3, 0.4) is 0 Å². The average Bonchev–Trinajstić information content (AvgIpc) is 2.65. The Kier molecular flexibility index (Phi) is 4.79. The lowest BCUT2D eigenvalue weighted by atomic mass is 9.72. The van der Waals surface area contributed by atoms with Gasteiger partial charge in [-0.2, -0.15) is 5.10 Å². The van der Waals surface area contributed by atoms with Crippen molar-refractivity contribution in [1.82, 2.24) is 14.7 Å². The molecule has 4 nitrogen and oxygen atoms in total. The number of carbonyl (C=O) groups excluding carboxylic acids is 1. The molecule has 0 radical (unpaired) electrons. The molecule has 1 fully saturated rings. The molecule has 5 heteroatoms. The van der Waals surface area contributed by atoms with E-state index in [0.29, 0.717) is 17.4 Å². The number of ketones is 1. The van der Waals surface area contributed by atoms with Crippen molar-refractivity contribution in [1.29, 1.82) is 0 Å². The van der Waals surface area contributed by atoms with E-state index in [9.17, 15) is 4.79 Å². The monoisotopic (exact) mass is 311 g/mol. The van der Waals surface area contributed by atoms with E-state index < -0.39 is 0 Å². The summed E-state index contributed by atoms with van der Waals surface area (Å²) in [6.45, 7) is 4.12. The second kappa shape index (κ2) is 6.09. The molecule has 0 N–H and O–H groups in total. The normalized spacial score (nSPS) is 26.3. The standard InChI is InChI=1S/C16H26ClN3O/c1-11-7-6-8-16(10-11,19(3)4)14(21)9-13-15(17)12(2)18-20(13)5/h11H,6-10H2,1-5H3. The Labute approximate surface area is 132 Å². The largest absolute Gasteiger partial charge is 0.297 e. The van der Waals surface area contributed by atoms with Crippen molar-refractivity contribution in [3.63, 3.8) is 0 Å². The number of carbonyl (C=O) groups is 1. The van der Waals surface area contributed by atoms with Crippen molar-refractivity contribution >= 4 is 17.4 Å². The summed E-state index contributed by atoms with van der Waals surface area (Å²) in [7, 11) is 5.89. The molecule has 1 aliphatic carbocycles. The van der Waals surface area contributed by atoms with Crippen LogP contribution in [-0.2, 0) is 18.3 Å². The predicted octanol–water partition coefficient (Wildman–Crippen LogP) is 3.00. The van der Waals surface area contributed by atoms with Gasteiger partial charge in [-0.1, -0.05) is 31.4 Å². The summed E-state index contributed by atoms with van der Waals surface area (Å²) in [5.41, 5.74) is 1.27. The summed E-state index contributed by atoms with van der Waals surface area (Å²) in [5, 5.41) is 4.94. The van der Waals surface area contributed by atoms with Crippen molar-refractivity contribution < 1.29 is 4.79 Å². The van der Waals surface area contributed by atoms with E-state index in [4.69, 9.17) is 11.6 Å². The zero-order chi connectivity index (χ0) is 15.8. The van der Waals surface area contributed by atoms with Crippen LogP contribution in [0.2, 0.25) is 5.02 Å². The number of halogens is 1. The molecule has 118 valence electrons. The van der Waals surface area contributed by atoms with E-state index in [1.165, 1.54) is 6.42 Å². The van der Waals surface area contributed by atoms with Gasteiger partial charge in [-0.15, -0.1) is 0 Å². The van der Waals surface area contributed by atoms with Gasteiger partial charge in [-0.3, -0.25) is 14.4 Å². The lowest BCUT2D eigenvalue weighted by molar-refractivity contribution is -0.132. The fourth-order valence-corrected chi connectivity index (χ4v) is 3.85. The Hall–Kier alpha value is -0.870. The molecule has 2 rings (SSSR count). The molecule has 0 bridgehead atoms. The smallest absolute Gasteiger partial charge is 0.159 e. The maximum Gasteiger partial charge on any atom is 0.159 e. The van der Waals surface area contributed by atoms with Crippen LogP contribution >= 0.6 is 11.6 Å². The Balaban J connectivity index is 2.27. The Morgan fingerprint density at radius 1 is 1.52 bits per heavy atom. The molecule has 2 atom stereocenters. The minimum atomic E-state index is -0.348. The highest BCUT2D eigenvalue weighted by atomic mass is 35.5. The van der Waals surface area contributed by atoms with Crippen LogP contribution in [0.5, 0.6) is 0 Å². The number of rotatable bonds is 4. The van der Waals surface area contributed by atoms with Crippen molar-refractivity contribution in [2.45, 2.75) is 51.5 Å². The van der Waals surface area contributed by atoms with E-state index in [0.717, 1.165) is 30.7 Å². The van der Waals surface area contributed by atoms with Crippen LogP contribution in [0.4, 0.5) is 0 Å². The van der Waals surface area contributed by atoms with Crippen molar-refractivity contribution in [3.05, 3.63) is 16.4 Å². The molecule has 1 saturated carbocycles. The molecule has 0 spiro atoms. The molecule has 0 saturated heterocycles. The average molecular weight is 312 g/mol. The van der Waals surface area contributed by atoms with Gasteiger partial charge in [0, 0.05) is 7.05 Å². The summed E-state index contributed by atoms with van der Waals surface area (Å²) in [6, 6.07) is 0. The lowest BCUT2D eigenvalue weighted by Crippen LogP contribution is -2.54. The van der Waals surface area contributed by atoms with Gasteiger partial charge in [0.25, 0.3) is 0 Å². The molecule has 0 aromatic carbocycles. The first-order chi connectivity index (χ1) is 9.78. The van der Waals surface area contributed by atoms with Gasteiger partial charge in [0.1, 0.15) is 0 Å². The van der Waals surface area contributed by atoms with Gasteiger partial charge >= 0.3 is 0 Å². The second-order valence-corrected chi connectivity index (χ2v) is 7.08. The molecule has 1 aromatic rings. The van der Waals surface area contributed by atoms with Crippen molar-refractivity contribution in [3.8, 4) is 0 Å². The third kappa shape index (κ3) is 3.02. The number of hydrogen-bond donors (Lipinski definition) is 0. The summed E-state index contributed by atoms with van der Waals surface area (Å²) in [6.07, 6.45) is 4.57. The topological polar surface area (TPSA) is 38.1 Å². The molecule has 1 aromatic heterocycles. The molecular weight excluding hydrogens is 286 g/mol. The SMILES string of the molecule is Cc1nn(C)c(CC(=O)C2(N(C)C)CCCC(C)C2)c1Cl. The third-order valence-electron chi connectivity index (χ3n) is 4.94. The maximum absolute atomic E-state index is 13.0. The van der Waals surface area contributed by atoms with Crippen LogP contribution in [-0.4, -0.2) is 40.1 Å². The Bertz CT molecular complexity index is 538. The first-order valence-corrected chi connectivity index (χ1v) is 8.04. The number of aryl methyl sites for hydroxylation is 2. The number of hydrogen-bond acceptors (Lipinski definition) is 3. The fourth-order valence-electron chi connectivity index (χ4n) is 3.62. The zero-order valence-electron chi connectivity index (χ0n) is 13.7. The summed E-state index contributed by atoms with van der Waals surface area (Å²) < 4.78 is 1.74. The first-order valence-electron chi connectivity index (χ1n) is 7.66. The predicted molar refractivity (Wildman–Crippen MR) is 85.7 cm³/mol. The molecule has 2 unspecified atom stereocenters. The van der Waals surface area contributed by atoms with Crippen molar-refractivity contribution in [2.75, 3.05) is 14.1 Å². The summed E-state index contributed by atoms with van der Waals surface area (Å²) in [4.78, 5) is 15.2. The van der Waals surface area contributed by atoms with E-state index in [2.05, 4.69) is 16.9 Å². The first kappa shape index (κ1) is 16.5. The molecule has 0 amide bonds. The molecule has 1 heterocycles. The Morgan fingerprint density at radius 3 is 2.67 bits per heavy atom. The van der Waals surface area contributed by atoms with E-state index >= 15 is 0 Å². The highest BCUT2D eigenvalue weighted by Crippen LogP contribution is 2.37. The summed E-state index contributed by atoms with van der Waals surface area (Å²) >= 11 is 6.30. The zero-order valence-corrected chi connectivity index (χ0v) is 14.5. The minimum Gasteiger partial charge on any atom is -0.297 e. The maximum atomic E-state index is 13.0. The van der Waals surface area contributed by atoms with Crippen LogP contribution < -0.4 is 0 Å². The molecule has 0 aliphatic heterocycles. The minimum absolute atomic E-state index is 0.268. The van der Waals surface area contributed by atoms with E-state index in [-0.39, 0.29) is 11.3 Å². The number of likely N-dealkylation sites (N-methyl/N-ethyl adjacent to an activating group) is 1. The highest BCUT2D eigenvalue weighted by Gasteiger charge is 2.43. The quantitative estimate of drug-likeness (QED) is 0.858. The van der Waals surface area contributed by atoms with E-state index in [1.807, 2.05) is 28.1 Å². The molecular formula is C16H26ClN3O. The number of aromatic nitrogens is 2. The Morgan fingerprint density at radius 2 is 2.19 bits per heavy atom. The summed E-state index contributed by atoms with van der Waals surface area (Å²) in [5.74, 6) is 0.859. The lowest BCUT2D eigenvalue weighted by Gasteiger charge is -2.44. The van der Waals surface area contributed by atoms with Crippen LogP contribution in [0.25, 0.3) is 0 Å². The number of nitrogens with zero attached hydrogens (tertiary/aromatic N) is 3. The third-order valence-corrected chi connectivity index (χ3v) is 5.43. The molecule has 1 aliphatic rings. The van der Waals surface area contributed by atoms with Crippen molar-refractivity contribution in [2.24, 2.45) is 13.0 Å². The highest BCUT2D eigenvalue weighted by molar-refractivity contribution is 6.32. The van der Waals surface area contributed by atoms with Gasteiger partial charge in [-0.05, 0) is 39.8 Å². The van der Waals surface area contributed by atoms with Crippen LogP contribution in [0, 0.1) is 12.8 Å². The van der Waals surface area contributed by atoms with E-state index in [1.54, 1.807) is 4.68 Å². The number of Topliss-reactive ketones (excluding diaryl/α,β-unsaturated/α-hetero) is 1. The van der Waals surface area contributed by atoms with Gasteiger partial charge in [0.2, 0.25) is 0 Å². The molecule has 21 heavy (non-hydrogen) atoms. The fraction of sp³-hybridized carbons (Fsp3) is 0.750. The second-order valence-electron chi connectivity index (χ2n) is 6.70. The van der Waals surface area contributed by atoms with Crippen LogP contribution in [0.15, 0.2) is 0 Å². The van der Waals surface area contributed by atoms with Gasteiger partial charge in [0.05, 0.1) is 28.4 Å².